The van der Waals surface area contributed by atoms with E-state index in [1.807, 2.05) is 0 Å². The van der Waals surface area contributed by atoms with Gasteiger partial charge in [-0.25, -0.2) is 4.98 Å². The first-order valence-electron chi connectivity index (χ1n) is 6.88. The molecule has 0 unspecified atom stereocenters. The second-order valence-electron chi connectivity index (χ2n) is 5.22. The summed E-state index contributed by atoms with van der Waals surface area (Å²) in [7, 11) is 2.07. The normalized spacial score (nSPS) is 11.2. The van der Waals surface area contributed by atoms with Gasteiger partial charge >= 0.3 is 0 Å². The van der Waals surface area contributed by atoms with E-state index in [2.05, 4.69) is 61.0 Å². The lowest BCUT2D eigenvalue weighted by Crippen LogP contribution is -2.00. The maximum Gasteiger partial charge on any atom is 0.114 e. The summed E-state index contributed by atoms with van der Waals surface area (Å²) in [5.74, 6) is 1.09. The van der Waals surface area contributed by atoms with E-state index in [-0.39, 0.29) is 0 Å². The van der Waals surface area contributed by atoms with E-state index in [9.17, 15) is 0 Å². The lowest BCUT2D eigenvalue weighted by Gasteiger charge is -2.05. The van der Waals surface area contributed by atoms with Crippen molar-refractivity contribution in [1.29, 1.82) is 0 Å². The molecule has 1 heterocycles. The van der Waals surface area contributed by atoms with Gasteiger partial charge in [0.15, 0.2) is 0 Å². The maximum atomic E-state index is 5.69. The molecule has 3 heteroatoms. The Morgan fingerprint density at radius 3 is 2.70 bits per heavy atom. The molecule has 1 aromatic heterocycles. The van der Waals surface area contributed by atoms with E-state index in [1.54, 1.807) is 0 Å². The first-order valence-corrected chi connectivity index (χ1v) is 6.88. The van der Waals surface area contributed by atoms with Crippen LogP contribution in [0.4, 0.5) is 0 Å². The molecule has 3 aromatic rings. The molecule has 0 aliphatic heterocycles. The largest absolute Gasteiger partial charge is 0.331 e. The summed E-state index contributed by atoms with van der Waals surface area (Å²) in [6.45, 7) is 2.70. The molecule has 0 radical (unpaired) electrons. The van der Waals surface area contributed by atoms with Gasteiger partial charge in [-0.05, 0) is 35.7 Å². The van der Waals surface area contributed by atoms with Crippen molar-refractivity contribution in [2.45, 2.75) is 19.9 Å². The lowest BCUT2D eigenvalue weighted by atomic mass is 10.1. The Morgan fingerprint density at radius 1 is 1.15 bits per heavy atom. The van der Waals surface area contributed by atoms with Crippen LogP contribution >= 0.6 is 0 Å². The first kappa shape index (κ1) is 12.9. The van der Waals surface area contributed by atoms with Crippen LogP contribution in [0.25, 0.3) is 11.0 Å². The Kier molecular flexibility index (Phi) is 3.28. The number of hydrogen-bond donors (Lipinski definition) is 1. The van der Waals surface area contributed by atoms with Crippen molar-refractivity contribution >= 4 is 11.0 Å². The Morgan fingerprint density at radius 2 is 1.95 bits per heavy atom. The van der Waals surface area contributed by atoms with Crippen LogP contribution in [0.15, 0.2) is 42.5 Å². The molecule has 20 heavy (non-hydrogen) atoms. The number of hydrogen-bond acceptors (Lipinski definition) is 2. The summed E-state index contributed by atoms with van der Waals surface area (Å²) in [5, 5.41) is 0. The zero-order chi connectivity index (χ0) is 14.1. The lowest BCUT2D eigenvalue weighted by molar-refractivity contribution is 0.842. The summed E-state index contributed by atoms with van der Waals surface area (Å²) >= 11 is 0. The minimum atomic E-state index is 0.555. The number of nitrogens with two attached hydrogens (primary N) is 1. The van der Waals surface area contributed by atoms with Gasteiger partial charge in [-0.1, -0.05) is 30.3 Å². The minimum Gasteiger partial charge on any atom is -0.331 e. The van der Waals surface area contributed by atoms with Gasteiger partial charge in [-0.3, -0.25) is 0 Å². The van der Waals surface area contributed by atoms with Crippen molar-refractivity contribution in [3.63, 3.8) is 0 Å². The van der Waals surface area contributed by atoms with Gasteiger partial charge in [0.1, 0.15) is 5.82 Å². The highest BCUT2D eigenvalue weighted by molar-refractivity contribution is 5.77. The van der Waals surface area contributed by atoms with Crippen LogP contribution in [0.2, 0.25) is 0 Å². The molecular weight excluding hydrogens is 246 g/mol. The Labute approximate surface area is 119 Å². The zero-order valence-corrected chi connectivity index (χ0v) is 11.9. The first-order chi connectivity index (χ1) is 9.69. The highest BCUT2D eigenvalue weighted by Crippen LogP contribution is 2.20. The van der Waals surface area contributed by atoms with E-state index in [4.69, 9.17) is 10.7 Å². The Bertz CT molecular complexity index is 756. The van der Waals surface area contributed by atoms with E-state index in [0.717, 1.165) is 28.8 Å². The van der Waals surface area contributed by atoms with E-state index >= 15 is 0 Å². The van der Waals surface area contributed by atoms with Crippen LogP contribution in [0, 0.1) is 6.92 Å². The smallest absolute Gasteiger partial charge is 0.114 e. The Hall–Kier alpha value is -2.13. The molecule has 0 fully saturated rings. The van der Waals surface area contributed by atoms with Crippen LogP contribution in [0.1, 0.15) is 22.5 Å². The fourth-order valence-electron chi connectivity index (χ4n) is 2.56. The summed E-state index contributed by atoms with van der Waals surface area (Å²) in [6, 6.07) is 14.7. The predicted octanol–water partition coefficient (Wildman–Crippen LogP) is 2.93. The molecule has 2 N–H and O–H groups in total. The minimum absolute atomic E-state index is 0.555. The maximum absolute atomic E-state index is 5.69. The van der Waals surface area contributed by atoms with Crippen molar-refractivity contribution in [2.75, 3.05) is 0 Å². The third-order valence-corrected chi connectivity index (χ3v) is 3.88. The monoisotopic (exact) mass is 265 g/mol. The molecule has 0 amide bonds. The number of benzene rings is 2. The molecule has 0 aliphatic rings. The van der Waals surface area contributed by atoms with Crippen LogP contribution in [0.3, 0.4) is 0 Å². The molecule has 102 valence electrons. The van der Waals surface area contributed by atoms with Gasteiger partial charge in [-0.2, -0.15) is 0 Å². The number of nitrogens with zero attached hydrogens (tertiary/aromatic N) is 2. The van der Waals surface area contributed by atoms with Gasteiger partial charge < -0.3 is 10.3 Å². The summed E-state index contributed by atoms with van der Waals surface area (Å²) in [4.78, 5) is 4.76. The van der Waals surface area contributed by atoms with E-state index in [1.165, 1.54) is 11.1 Å². The number of aryl methyl sites for hydroxylation is 2. The third kappa shape index (κ3) is 2.21. The summed E-state index contributed by atoms with van der Waals surface area (Å²) in [6.07, 6.45) is 0.857. The SMILES string of the molecule is Cc1ccccc1Cc1nc2cc(CN)ccc2n1C. The molecule has 0 spiro atoms. The fraction of sp³-hybridized carbons (Fsp3) is 0.235. The highest BCUT2D eigenvalue weighted by Gasteiger charge is 2.09. The van der Waals surface area contributed by atoms with Gasteiger partial charge in [-0.15, -0.1) is 0 Å². The molecule has 2 aromatic carbocycles. The number of aromatic nitrogens is 2. The van der Waals surface area contributed by atoms with Crippen LogP contribution in [-0.2, 0) is 20.0 Å². The highest BCUT2D eigenvalue weighted by atomic mass is 15.1. The van der Waals surface area contributed by atoms with Crippen molar-refractivity contribution in [1.82, 2.24) is 9.55 Å². The quantitative estimate of drug-likeness (QED) is 0.791. The predicted molar refractivity (Wildman–Crippen MR) is 82.6 cm³/mol. The van der Waals surface area contributed by atoms with Crippen molar-refractivity contribution in [2.24, 2.45) is 12.8 Å². The molecule has 3 rings (SSSR count). The van der Waals surface area contributed by atoms with Crippen LogP contribution in [0.5, 0.6) is 0 Å². The van der Waals surface area contributed by atoms with Crippen LogP contribution in [-0.4, -0.2) is 9.55 Å². The number of imidazole rings is 1. The molecule has 0 bridgehead atoms. The molecule has 3 nitrogen and oxygen atoms in total. The van der Waals surface area contributed by atoms with Gasteiger partial charge in [0.25, 0.3) is 0 Å². The average Bonchev–Trinajstić information content (AvgIpc) is 2.77. The molecule has 0 saturated heterocycles. The number of fused-ring (bicyclic) bond motifs is 1. The second-order valence-corrected chi connectivity index (χ2v) is 5.22. The second kappa shape index (κ2) is 5.10. The summed E-state index contributed by atoms with van der Waals surface area (Å²) < 4.78 is 2.17. The molecule has 0 saturated carbocycles. The zero-order valence-electron chi connectivity index (χ0n) is 11.9. The van der Waals surface area contributed by atoms with Gasteiger partial charge in [0.05, 0.1) is 11.0 Å². The topological polar surface area (TPSA) is 43.8 Å². The molecule has 0 aliphatic carbocycles. The van der Waals surface area contributed by atoms with Gasteiger partial charge in [0.2, 0.25) is 0 Å². The molecular formula is C17H19N3. The molecule has 0 atom stereocenters. The van der Waals surface area contributed by atoms with Crippen molar-refractivity contribution < 1.29 is 0 Å². The van der Waals surface area contributed by atoms with Gasteiger partial charge in [0, 0.05) is 20.0 Å². The van der Waals surface area contributed by atoms with Crippen molar-refractivity contribution in [3.8, 4) is 0 Å². The summed E-state index contributed by atoms with van der Waals surface area (Å²) in [5.41, 5.74) is 11.6. The average molecular weight is 265 g/mol. The van der Waals surface area contributed by atoms with Crippen LogP contribution < -0.4 is 5.73 Å². The van der Waals surface area contributed by atoms with E-state index in [0.29, 0.717) is 6.54 Å². The van der Waals surface area contributed by atoms with E-state index < -0.39 is 0 Å². The Balaban J connectivity index is 2.04. The van der Waals surface area contributed by atoms with Crippen molar-refractivity contribution in [3.05, 3.63) is 65.0 Å². The fourth-order valence-corrected chi connectivity index (χ4v) is 2.56. The number of rotatable bonds is 3. The third-order valence-electron chi connectivity index (χ3n) is 3.88. The standard InChI is InChI=1S/C17H19N3/c1-12-5-3-4-6-14(12)10-17-19-15-9-13(11-18)7-8-16(15)20(17)2/h3-9H,10-11,18H2,1-2H3.